The molecule has 0 aliphatic heterocycles. The van der Waals surface area contributed by atoms with Crippen LogP contribution in [0, 0.1) is 10.7 Å². The van der Waals surface area contributed by atoms with E-state index in [-0.39, 0.29) is 22.1 Å². The average molecular weight is 433 g/mol. The van der Waals surface area contributed by atoms with Gasteiger partial charge in [0.2, 0.25) is 5.82 Å². The summed E-state index contributed by atoms with van der Waals surface area (Å²) in [5.74, 6) is -2.72. The Hall–Kier alpha value is -3.47. The number of carbonyl (C=O) groups excluding carboxylic acids is 1. The van der Waals surface area contributed by atoms with Crippen LogP contribution < -0.4 is 15.0 Å². The molecule has 30 heavy (non-hydrogen) atoms. The Morgan fingerprint density at radius 2 is 1.67 bits per heavy atom. The molecule has 0 spiro atoms. The summed E-state index contributed by atoms with van der Waals surface area (Å²) >= 11 is 6.02. The minimum atomic E-state index is -1.27. The van der Waals surface area contributed by atoms with E-state index < -0.39 is 29.5 Å². The van der Waals surface area contributed by atoms with Crippen LogP contribution in [-0.2, 0) is 9.63 Å². The molecule has 3 rings (SSSR count). The monoisotopic (exact) mass is 432 g/mol. The van der Waals surface area contributed by atoms with E-state index >= 15 is 0 Å². The number of benzene rings is 2. The molecule has 0 bridgehead atoms. The number of ether oxygens (including phenoxy) is 2. The lowest BCUT2D eigenvalue weighted by molar-refractivity contribution is -0.123. The maximum absolute atomic E-state index is 14.9. The highest BCUT2D eigenvalue weighted by atomic mass is 35.5. The van der Waals surface area contributed by atoms with Crippen molar-refractivity contribution in [3.8, 4) is 23.3 Å². The predicted molar refractivity (Wildman–Crippen MR) is 104 cm³/mol. The maximum atomic E-state index is 14.9. The molecular weight excluding hydrogens is 419 g/mol. The van der Waals surface area contributed by atoms with E-state index in [9.17, 15) is 14.1 Å². The molecule has 0 aliphatic rings. The number of hydrogen-bond donors (Lipinski definition) is 1. The molecule has 2 aromatic carbocycles. The number of aromatic nitrogens is 2. The largest absolute Gasteiger partial charge is 0.436 e. The van der Waals surface area contributed by atoms with Crippen LogP contribution in [0.15, 0.2) is 60.0 Å². The average Bonchev–Trinajstić information content (AvgIpc) is 2.76. The Balaban J connectivity index is 1.93. The van der Waals surface area contributed by atoms with Crippen molar-refractivity contribution in [3.05, 3.63) is 76.2 Å². The highest BCUT2D eigenvalue weighted by Crippen LogP contribution is 2.34. The molecule has 1 heterocycles. The van der Waals surface area contributed by atoms with Crippen molar-refractivity contribution in [3.63, 3.8) is 0 Å². The van der Waals surface area contributed by atoms with Crippen LogP contribution in [0.25, 0.3) is 0 Å². The quantitative estimate of drug-likeness (QED) is 0.413. The summed E-state index contributed by atoms with van der Waals surface area (Å²) in [6.45, 7) is 0. The van der Waals surface area contributed by atoms with Gasteiger partial charge in [-0.05, 0) is 18.2 Å². The molecule has 1 aromatic heterocycles. The molecule has 0 fully saturated rings. The van der Waals surface area contributed by atoms with Gasteiger partial charge in [-0.2, -0.15) is 19.8 Å². The van der Waals surface area contributed by atoms with Crippen molar-refractivity contribution >= 4 is 17.5 Å². The van der Waals surface area contributed by atoms with Gasteiger partial charge in [0, 0.05) is 10.7 Å². The second-order valence-corrected chi connectivity index (χ2v) is 6.06. The molecule has 1 amide bonds. The summed E-state index contributed by atoms with van der Waals surface area (Å²) in [4.78, 5) is 34.8. The number of rotatable bonds is 8. The predicted octanol–water partition coefficient (Wildman–Crippen LogP) is 4.34. The third-order valence-electron chi connectivity index (χ3n) is 3.78. The van der Waals surface area contributed by atoms with E-state index in [1.165, 1.54) is 19.2 Å². The lowest BCUT2D eigenvalue weighted by Crippen LogP contribution is -2.27. The molecule has 1 unspecified atom stereocenters. The summed E-state index contributed by atoms with van der Waals surface area (Å²) in [5, 5.41) is 2.66. The van der Waals surface area contributed by atoms with Crippen LogP contribution in [0.3, 0.4) is 0 Å². The fourth-order valence-electron chi connectivity index (χ4n) is 2.45. The number of para-hydroxylation sites is 2. The molecule has 3 aromatic rings. The molecule has 0 aliphatic carbocycles. The minimum absolute atomic E-state index is 0.0327. The highest BCUT2D eigenvalue weighted by Gasteiger charge is 2.26. The molecule has 0 saturated carbocycles. The van der Waals surface area contributed by atoms with Gasteiger partial charge in [-0.1, -0.05) is 41.9 Å². The minimum Gasteiger partial charge on any atom is -0.436 e. The van der Waals surface area contributed by atoms with E-state index in [0.717, 1.165) is 6.33 Å². The first-order valence-corrected chi connectivity index (χ1v) is 8.78. The fraction of sp³-hybridized carbons (Fsp3) is 0.105. The summed E-state index contributed by atoms with van der Waals surface area (Å²) in [7, 11) is 1.26. The van der Waals surface area contributed by atoms with Gasteiger partial charge >= 0.3 is 5.91 Å². The highest BCUT2D eigenvalue weighted by molar-refractivity contribution is 6.32. The molecule has 11 heteroatoms. The first-order valence-electron chi connectivity index (χ1n) is 8.40. The molecule has 154 valence electrons. The Kier molecular flexibility index (Phi) is 6.96. The number of amides is 1. The number of carbonyl (C=O) groups is 1. The first kappa shape index (κ1) is 21.2. The lowest BCUT2D eigenvalue weighted by Gasteiger charge is -2.17. The molecular formula is C19H14ClFN4O5. The van der Waals surface area contributed by atoms with Gasteiger partial charge in [-0.15, -0.1) is 4.91 Å². The van der Waals surface area contributed by atoms with Crippen molar-refractivity contribution in [1.29, 1.82) is 0 Å². The van der Waals surface area contributed by atoms with Gasteiger partial charge in [0.1, 0.15) is 23.9 Å². The normalized spacial score (nSPS) is 11.6. The molecule has 0 radical (unpaired) electrons. The van der Waals surface area contributed by atoms with Crippen LogP contribution >= 0.6 is 11.6 Å². The Bertz CT molecular complexity index is 1070. The summed E-state index contributed by atoms with van der Waals surface area (Å²) in [6, 6.07) is 11.3. The smallest absolute Gasteiger partial charge is 0.310 e. The maximum Gasteiger partial charge on any atom is 0.310 e. The van der Waals surface area contributed by atoms with E-state index in [1.54, 1.807) is 36.4 Å². The van der Waals surface area contributed by atoms with Gasteiger partial charge in [-0.25, -0.2) is 0 Å². The summed E-state index contributed by atoms with van der Waals surface area (Å²) in [5.41, 5.74) is 2.53. The lowest BCUT2D eigenvalue weighted by atomic mass is 10.1. The molecule has 0 saturated heterocycles. The zero-order chi connectivity index (χ0) is 21.5. The van der Waals surface area contributed by atoms with Crippen LogP contribution in [0.5, 0.6) is 23.3 Å². The van der Waals surface area contributed by atoms with Gasteiger partial charge < -0.3 is 14.3 Å². The second kappa shape index (κ2) is 9.83. The molecule has 9 nitrogen and oxygen atoms in total. The van der Waals surface area contributed by atoms with Crippen molar-refractivity contribution in [2.45, 2.75) is 6.04 Å². The Morgan fingerprint density at radius 1 is 1.07 bits per heavy atom. The van der Waals surface area contributed by atoms with Crippen LogP contribution in [0.4, 0.5) is 4.39 Å². The van der Waals surface area contributed by atoms with Crippen molar-refractivity contribution in [1.82, 2.24) is 15.4 Å². The van der Waals surface area contributed by atoms with Gasteiger partial charge in [0.15, 0.2) is 0 Å². The van der Waals surface area contributed by atoms with Gasteiger partial charge in [-0.3, -0.25) is 4.79 Å². The fourth-order valence-corrected chi connectivity index (χ4v) is 2.62. The first-order chi connectivity index (χ1) is 14.5. The van der Waals surface area contributed by atoms with Gasteiger partial charge in [0.05, 0.1) is 12.1 Å². The standard InChI is InChI=1S/C19H14ClFN4O5/c1-28-25-16(17(26)24-27)11-6-2-4-8-13(11)29-18-15(21)19(23-10-22-18)30-14-9-5-3-7-12(14)20/h2-10,16,25H,1H3. The van der Waals surface area contributed by atoms with E-state index in [2.05, 4.69) is 20.6 Å². The van der Waals surface area contributed by atoms with E-state index in [4.69, 9.17) is 25.9 Å². The van der Waals surface area contributed by atoms with Crippen molar-refractivity contribution in [2.24, 2.45) is 5.18 Å². The third kappa shape index (κ3) is 4.74. The Labute approximate surface area is 174 Å². The van der Waals surface area contributed by atoms with E-state index in [0.29, 0.717) is 0 Å². The number of nitrogens with zero attached hydrogens (tertiary/aromatic N) is 3. The van der Waals surface area contributed by atoms with Gasteiger partial charge in [0.25, 0.3) is 11.8 Å². The number of hydrogen-bond acceptors (Lipinski definition) is 8. The zero-order valence-electron chi connectivity index (χ0n) is 15.4. The van der Waals surface area contributed by atoms with Crippen molar-refractivity contribution in [2.75, 3.05) is 7.11 Å². The SMILES string of the molecule is CONC(C(=O)N=O)c1ccccc1Oc1ncnc(Oc2ccccc2Cl)c1F. The number of nitrogens with one attached hydrogen (secondary N) is 1. The molecule has 1 N–H and O–H groups in total. The topological polar surface area (TPSA) is 112 Å². The number of nitroso groups, excluding NO2 is 1. The van der Waals surface area contributed by atoms with Crippen LogP contribution in [-0.4, -0.2) is 23.0 Å². The van der Waals surface area contributed by atoms with Crippen LogP contribution in [0.2, 0.25) is 5.02 Å². The summed E-state index contributed by atoms with van der Waals surface area (Å²) < 4.78 is 25.8. The number of halogens is 2. The Morgan fingerprint density at radius 3 is 2.30 bits per heavy atom. The molecule has 1 atom stereocenters. The number of hydroxylamine groups is 1. The van der Waals surface area contributed by atoms with Crippen molar-refractivity contribution < 1.29 is 23.5 Å². The van der Waals surface area contributed by atoms with E-state index in [1.807, 2.05) is 0 Å². The second-order valence-electron chi connectivity index (χ2n) is 5.65. The third-order valence-corrected chi connectivity index (χ3v) is 4.09. The zero-order valence-corrected chi connectivity index (χ0v) is 16.2. The summed E-state index contributed by atoms with van der Waals surface area (Å²) in [6.07, 6.45) is 1.04. The van der Waals surface area contributed by atoms with Crippen LogP contribution in [0.1, 0.15) is 11.6 Å².